The molecule has 1 amide bonds. The van der Waals surface area contributed by atoms with Gasteiger partial charge in [0.25, 0.3) is 0 Å². The number of carbonyl (C=O) groups is 2. The Bertz CT molecular complexity index is 287. The maximum absolute atomic E-state index is 12.1. The normalized spacial score (nSPS) is 13.2. The molecule has 1 atom stereocenters. The third kappa shape index (κ3) is 3.98. The maximum Gasteiger partial charge on any atom is 0.310 e. The molecule has 0 heterocycles. The molecule has 18 heavy (non-hydrogen) atoms. The van der Waals surface area contributed by atoms with Crippen LogP contribution < -0.4 is 0 Å². The van der Waals surface area contributed by atoms with E-state index < -0.39 is 11.4 Å². The predicted octanol–water partition coefficient (Wildman–Crippen LogP) is 1.76. The van der Waals surface area contributed by atoms with Crippen LogP contribution in [-0.4, -0.2) is 48.7 Å². The molecule has 106 valence electrons. The summed E-state index contributed by atoms with van der Waals surface area (Å²) in [6.07, 6.45) is 0.952. The molecule has 0 saturated carbocycles. The molecule has 0 aliphatic heterocycles. The summed E-state index contributed by atoms with van der Waals surface area (Å²) in [5.74, 6) is -1.04. The summed E-state index contributed by atoms with van der Waals surface area (Å²) < 4.78 is 4.99. The summed E-state index contributed by atoms with van der Waals surface area (Å²) in [5.41, 5.74) is -0.946. The van der Waals surface area contributed by atoms with Crippen molar-refractivity contribution in [2.45, 2.75) is 46.1 Å². The first-order valence-corrected chi connectivity index (χ1v) is 6.32. The van der Waals surface area contributed by atoms with Gasteiger partial charge in [-0.2, -0.15) is 0 Å². The zero-order valence-electron chi connectivity index (χ0n) is 12.0. The Morgan fingerprint density at radius 3 is 2.17 bits per heavy atom. The van der Waals surface area contributed by atoms with E-state index in [9.17, 15) is 14.7 Å². The lowest BCUT2D eigenvalue weighted by Gasteiger charge is -2.31. The summed E-state index contributed by atoms with van der Waals surface area (Å²) in [6.45, 7) is 5.94. The maximum atomic E-state index is 12.1. The first-order chi connectivity index (χ1) is 8.34. The highest BCUT2D eigenvalue weighted by Gasteiger charge is 2.38. The van der Waals surface area contributed by atoms with Gasteiger partial charge < -0.3 is 14.7 Å². The molecule has 5 nitrogen and oxygen atoms in total. The van der Waals surface area contributed by atoms with Crippen molar-refractivity contribution in [2.75, 3.05) is 20.8 Å². The largest absolute Gasteiger partial charge is 0.481 e. The molecule has 0 spiro atoms. The van der Waals surface area contributed by atoms with E-state index in [0.717, 1.165) is 0 Å². The molecule has 0 bridgehead atoms. The molecule has 1 N–H and O–H groups in total. The number of carbonyl (C=O) groups excluding carboxylic acids is 1. The molecule has 0 fully saturated rings. The van der Waals surface area contributed by atoms with Crippen LogP contribution in [-0.2, 0) is 14.3 Å². The number of methoxy groups -OCH3 is 1. The van der Waals surface area contributed by atoms with Crippen LogP contribution in [0, 0.1) is 5.41 Å². The number of likely N-dealkylation sites (N-methyl/N-ethyl adjacent to an activating group) is 1. The highest BCUT2D eigenvalue weighted by Crippen LogP contribution is 2.31. The highest BCUT2D eigenvalue weighted by atomic mass is 16.5. The second-order valence-electron chi connectivity index (χ2n) is 4.78. The lowest BCUT2D eigenvalue weighted by atomic mass is 9.79. The Morgan fingerprint density at radius 2 is 1.83 bits per heavy atom. The average molecular weight is 259 g/mol. The van der Waals surface area contributed by atoms with E-state index in [-0.39, 0.29) is 18.4 Å². The third-order valence-electron chi connectivity index (χ3n) is 3.76. The summed E-state index contributed by atoms with van der Waals surface area (Å²) >= 11 is 0. The van der Waals surface area contributed by atoms with Gasteiger partial charge in [-0.3, -0.25) is 9.59 Å². The fraction of sp³-hybridized carbons (Fsp3) is 0.846. The Hall–Kier alpha value is -1.10. The fourth-order valence-corrected chi connectivity index (χ4v) is 1.89. The number of nitrogens with zero attached hydrogens (tertiary/aromatic N) is 1. The van der Waals surface area contributed by atoms with Gasteiger partial charge in [0.05, 0.1) is 18.1 Å². The van der Waals surface area contributed by atoms with Crippen molar-refractivity contribution in [3.63, 3.8) is 0 Å². The van der Waals surface area contributed by atoms with Crippen molar-refractivity contribution >= 4 is 11.9 Å². The summed E-state index contributed by atoms with van der Waals surface area (Å²) in [7, 11) is 3.26. The lowest BCUT2D eigenvalue weighted by molar-refractivity contribution is -0.154. The third-order valence-corrected chi connectivity index (χ3v) is 3.76. The van der Waals surface area contributed by atoms with E-state index in [1.165, 1.54) is 0 Å². The number of hydrogen-bond acceptors (Lipinski definition) is 3. The molecular weight excluding hydrogens is 234 g/mol. The summed E-state index contributed by atoms with van der Waals surface area (Å²) in [6, 6.07) is -0.0530. The van der Waals surface area contributed by atoms with E-state index in [1.54, 1.807) is 19.1 Å². The van der Waals surface area contributed by atoms with Crippen molar-refractivity contribution in [1.29, 1.82) is 0 Å². The van der Waals surface area contributed by atoms with Gasteiger partial charge in [-0.15, -0.1) is 0 Å². The van der Waals surface area contributed by atoms with Crippen LogP contribution >= 0.6 is 0 Å². The minimum Gasteiger partial charge on any atom is -0.481 e. The standard InChI is InChI=1S/C13H25NO4/c1-6-13(7-2,12(16)17)8-11(15)14(4)10(3)9-18-5/h10H,6-9H2,1-5H3,(H,16,17). The Kier molecular flexibility index (Phi) is 6.91. The van der Waals surface area contributed by atoms with E-state index >= 15 is 0 Å². The van der Waals surface area contributed by atoms with Crippen molar-refractivity contribution in [2.24, 2.45) is 5.41 Å². The first-order valence-electron chi connectivity index (χ1n) is 6.32. The predicted molar refractivity (Wildman–Crippen MR) is 69.4 cm³/mol. The van der Waals surface area contributed by atoms with Crippen LogP contribution in [0.4, 0.5) is 0 Å². The van der Waals surface area contributed by atoms with Gasteiger partial charge in [-0.1, -0.05) is 13.8 Å². The van der Waals surface area contributed by atoms with Crippen LogP contribution in [0.1, 0.15) is 40.0 Å². The minimum absolute atomic E-state index is 0.0416. The SMILES string of the molecule is CCC(CC)(CC(=O)N(C)C(C)COC)C(=O)O. The van der Waals surface area contributed by atoms with Gasteiger partial charge in [0, 0.05) is 20.6 Å². The molecule has 5 heteroatoms. The van der Waals surface area contributed by atoms with Crippen molar-refractivity contribution in [3.05, 3.63) is 0 Å². The second kappa shape index (κ2) is 7.36. The topological polar surface area (TPSA) is 66.8 Å². The number of amides is 1. The number of ether oxygens (including phenoxy) is 1. The first kappa shape index (κ1) is 16.9. The van der Waals surface area contributed by atoms with Gasteiger partial charge in [0.2, 0.25) is 5.91 Å². The molecule has 0 aromatic heterocycles. The quantitative estimate of drug-likeness (QED) is 0.721. The molecule has 0 aliphatic carbocycles. The van der Waals surface area contributed by atoms with Crippen molar-refractivity contribution < 1.29 is 19.4 Å². The van der Waals surface area contributed by atoms with Crippen LogP contribution in [0.2, 0.25) is 0 Å². The summed E-state index contributed by atoms with van der Waals surface area (Å²) in [5, 5.41) is 9.30. The van der Waals surface area contributed by atoms with Gasteiger partial charge in [-0.05, 0) is 19.8 Å². The Labute approximate surface area is 109 Å². The molecule has 0 radical (unpaired) electrons. The monoisotopic (exact) mass is 259 g/mol. The van der Waals surface area contributed by atoms with E-state index in [2.05, 4.69) is 0 Å². The van der Waals surface area contributed by atoms with Crippen molar-refractivity contribution in [1.82, 2.24) is 4.90 Å². The van der Waals surface area contributed by atoms with Gasteiger partial charge in [0.1, 0.15) is 0 Å². The minimum atomic E-state index is -0.946. The van der Waals surface area contributed by atoms with Gasteiger partial charge in [0.15, 0.2) is 0 Å². The number of aliphatic carboxylic acids is 1. The smallest absolute Gasteiger partial charge is 0.310 e. The van der Waals surface area contributed by atoms with Gasteiger partial charge >= 0.3 is 5.97 Å². The average Bonchev–Trinajstić information content (AvgIpc) is 2.34. The zero-order valence-corrected chi connectivity index (χ0v) is 12.0. The van der Waals surface area contributed by atoms with Gasteiger partial charge in [-0.25, -0.2) is 0 Å². The van der Waals surface area contributed by atoms with E-state index in [1.807, 2.05) is 20.8 Å². The van der Waals surface area contributed by atoms with E-state index in [4.69, 9.17) is 4.74 Å². The zero-order chi connectivity index (χ0) is 14.3. The van der Waals surface area contributed by atoms with Crippen LogP contribution in [0.3, 0.4) is 0 Å². The highest BCUT2D eigenvalue weighted by molar-refractivity contribution is 5.85. The Balaban J connectivity index is 4.75. The summed E-state index contributed by atoms with van der Waals surface area (Å²) in [4.78, 5) is 25.0. The number of rotatable bonds is 8. The number of carboxylic acids is 1. The molecule has 0 saturated heterocycles. The molecule has 1 unspecified atom stereocenters. The molecule has 0 aromatic carbocycles. The lowest BCUT2D eigenvalue weighted by Crippen LogP contribution is -2.42. The molecular formula is C13H25NO4. The van der Waals surface area contributed by atoms with E-state index in [0.29, 0.717) is 19.4 Å². The van der Waals surface area contributed by atoms with Crippen LogP contribution in [0.25, 0.3) is 0 Å². The van der Waals surface area contributed by atoms with Crippen LogP contribution in [0.15, 0.2) is 0 Å². The number of hydrogen-bond donors (Lipinski definition) is 1. The number of carboxylic acid groups (broad SMARTS) is 1. The second-order valence-corrected chi connectivity index (χ2v) is 4.78. The molecule has 0 aromatic rings. The molecule has 0 rings (SSSR count). The fourth-order valence-electron chi connectivity index (χ4n) is 1.89. The van der Waals surface area contributed by atoms with Crippen molar-refractivity contribution in [3.8, 4) is 0 Å². The molecule has 0 aliphatic rings. The Morgan fingerprint density at radius 1 is 1.33 bits per heavy atom. The van der Waals surface area contributed by atoms with Crippen LogP contribution in [0.5, 0.6) is 0 Å².